The molecule has 0 heterocycles. The maximum Gasteiger partial charge on any atom is 0.257 e. The Balaban J connectivity index is 2.68. The molecule has 0 aromatic heterocycles. The van der Waals surface area contributed by atoms with Crippen molar-refractivity contribution in [1.29, 1.82) is 5.26 Å². The average molecular weight is 276 g/mol. The van der Waals surface area contributed by atoms with Gasteiger partial charge in [-0.2, -0.15) is 5.26 Å². The predicted molar refractivity (Wildman–Crippen MR) is 71.7 cm³/mol. The number of carbonyl (C=O) groups is 2. The van der Waals surface area contributed by atoms with E-state index in [1.54, 1.807) is 18.2 Å². The highest BCUT2D eigenvalue weighted by Gasteiger charge is 2.11. The highest BCUT2D eigenvalue weighted by molar-refractivity contribution is 5.97. The van der Waals surface area contributed by atoms with E-state index >= 15 is 0 Å². The molecule has 0 aliphatic carbocycles. The van der Waals surface area contributed by atoms with Crippen molar-refractivity contribution >= 4 is 11.7 Å². The van der Waals surface area contributed by atoms with Crippen LogP contribution < -0.4 is 14.8 Å². The van der Waals surface area contributed by atoms with Crippen LogP contribution in [0.4, 0.5) is 0 Å². The van der Waals surface area contributed by atoms with Gasteiger partial charge in [-0.05, 0) is 19.1 Å². The van der Waals surface area contributed by atoms with E-state index in [0.717, 1.165) is 0 Å². The van der Waals surface area contributed by atoms with E-state index in [-0.39, 0.29) is 31.3 Å². The minimum absolute atomic E-state index is 0.160. The number of nitrogens with zero attached hydrogens (tertiary/aromatic N) is 1. The van der Waals surface area contributed by atoms with Crippen LogP contribution in [0.5, 0.6) is 11.5 Å². The van der Waals surface area contributed by atoms with Crippen molar-refractivity contribution in [3.8, 4) is 17.6 Å². The van der Waals surface area contributed by atoms with Crippen LogP contribution in [-0.2, 0) is 4.79 Å². The first-order valence-corrected chi connectivity index (χ1v) is 6.04. The van der Waals surface area contributed by atoms with Crippen molar-refractivity contribution in [2.45, 2.75) is 13.3 Å². The topological polar surface area (TPSA) is 88.4 Å². The van der Waals surface area contributed by atoms with Crippen LogP contribution in [0.25, 0.3) is 0 Å². The van der Waals surface area contributed by atoms with E-state index in [9.17, 15) is 9.59 Å². The monoisotopic (exact) mass is 276 g/mol. The second kappa shape index (κ2) is 7.79. The first kappa shape index (κ1) is 15.5. The van der Waals surface area contributed by atoms with Gasteiger partial charge in [-0.1, -0.05) is 0 Å². The van der Waals surface area contributed by atoms with Crippen LogP contribution in [0, 0.1) is 11.3 Å². The van der Waals surface area contributed by atoms with Gasteiger partial charge in [-0.15, -0.1) is 0 Å². The number of ether oxygens (including phenoxy) is 2. The summed E-state index contributed by atoms with van der Waals surface area (Å²) >= 11 is 0. The molecule has 0 saturated carbocycles. The third-order valence-electron chi connectivity index (χ3n) is 2.49. The molecule has 0 spiro atoms. The van der Waals surface area contributed by atoms with Gasteiger partial charge in [0.05, 0.1) is 25.2 Å². The van der Waals surface area contributed by atoms with Crippen molar-refractivity contribution in [3.05, 3.63) is 23.8 Å². The Morgan fingerprint density at radius 3 is 2.75 bits per heavy atom. The van der Waals surface area contributed by atoms with Gasteiger partial charge in [0.1, 0.15) is 11.5 Å². The van der Waals surface area contributed by atoms with Gasteiger partial charge in [0, 0.05) is 12.6 Å². The third-order valence-corrected chi connectivity index (χ3v) is 2.49. The number of carbonyl (C=O) groups excluding carboxylic acids is 2. The van der Waals surface area contributed by atoms with Gasteiger partial charge in [0.2, 0.25) is 0 Å². The Hall–Kier alpha value is -2.55. The van der Waals surface area contributed by atoms with Crippen molar-refractivity contribution < 1.29 is 19.1 Å². The molecule has 6 nitrogen and oxygen atoms in total. The summed E-state index contributed by atoms with van der Waals surface area (Å²) in [6, 6.07) is 6.71. The quantitative estimate of drug-likeness (QED) is 0.599. The lowest BCUT2D eigenvalue weighted by Crippen LogP contribution is -2.29. The van der Waals surface area contributed by atoms with E-state index < -0.39 is 0 Å². The Morgan fingerprint density at radius 1 is 1.40 bits per heavy atom. The summed E-state index contributed by atoms with van der Waals surface area (Å²) in [7, 11) is 1.50. The molecule has 0 fully saturated rings. The van der Waals surface area contributed by atoms with Gasteiger partial charge >= 0.3 is 0 Å². The maximum atomic E-state index is 11.5. The van der Waals surface area contributed by atoms with E-state index in [2.05, 4.69) is 5.32 Å². The molecule has 1 aromatic rings. The number of hydrogen-bond acceptors (Lipinski definition) is 5. The first-order chi connectivity index (χ1) is 9.58. The molecule has 0 aliphatic heterocycles. The lowest BCUT2D eigenvalue weighted by atomic mass is 10.1. The maximum absolute atomic E-state index is 11.5. The molecular formula is C14H16N2O4. The van der Waals surface area contributed by atoms with Crippen LogP contribution in [-0.4, -0.2) is 32.0 Å². The molecule has 106 valence electrons. The molecule has 0 bridgehead atoms. The summed E-state index contributed by atoms with van der Waals surface area (Å²) in [5.41, 5.74) is 0.385. The summed E-state index contributed by atoms with van der Waals surface area (Å²) in [4.78, 5) is 22.9. The predicted octanol–water partition coefficient (Wildman–Crippen LogP) is 1.31. The molecule has 1 amide bonds. The number of benzene rings is 1. The second-order valence-corrected chi connectivity index (χ2v) is 3.97. The zero-order valence-corrected chi connectivity index (χ0v) is 11.4. The smallest absolute Gasteiger partial charge is 0.257 e. The van der Waals surface area contributed by atoms with Crippen molar-refractivity contribution in [3.63, 3.8) is 0 Å². The Bertz CT molecular complexity index is 534. The number of amides is 1. The van der Waals surface area contributed by atoms with Gasteiger partial charge in [0.15, 0.2) is 12.4 Å². The number of nitrogens with one attached hydrogen (secondary N) is 1. The molecule has 1 rings (SSSR count). The zero-order chi connectivity index (χ0) is 15.0. The van der Waals surface area contributed by atoms with Crippen LogP contribution in [0.15, 0.2) is 18.2 Å². The van der Waals surface area contributed by atoms with Crippen LogP contribution in [0.1, 0.15) is 23.7 Å². The number of methoxy groups -OCH3 is 1. The molecule has 0 saturated heterocycles. The highest BCUT2D eigenvalue weighted by atomic mass is 16.5. The normalized spacial score (nSPS) is 9.45. The number of hydrogen-bond donors (Lipinski definition) is 1. The largest absolute Gasteiger partial charge is 0.497 e. The van der Waals surface area contributed by atoms with Gasteiger partial charge in [0.25, 0.3) is 5.91 Å². The van der Waals surface area contributed by atoms with E-state index in [0.29, 0.717) is 17.1 Å². The summed E-state index contributed by atoms with van der Waals surface area (Å²) < 4.78 is 10.4. The Labute approximate surface area is 117 Å². The van der Waals surface area contributed by atoms with Crippen molar-refractivity contribution in [1.82, 2.24) is 5.32 Å². The molecule has 20 heavy (non-hydrogen) atoms. The molecule has 0 atom stereocenters. The number of nitriles is 1. The second-order valence-electron chi connectivity index (χ2n) is 3.97. The number of ketones is 1. The minimum Gasteiger partial charge on any atom is -0.497 e. The Morgan fingerprint density at radius 2 is 2.15 bits per heavy atom. The molecule has 1 aromatic carbocycles. The van der Waals surface area contributed by atoms with Crippen LogP contribution in [0.2, 0.25) is 0 Å². The van der Waals surface area contributed by atoms with Crippen LogP contribution in [0.3, 0.4) is 0 Å². The minimum atomic E-state index is -0.349. The van der Waals surface area contributed by atoms with Gasteiger partial charge in [-0.3, -0.25) is 9.59 Å². The first-order valence-electron chi connectivity index (χ1n) is 6.04. The molecule has 0 unspecified atom stereocenters. The molecule has 0 aliphatic rings. The zero-order valence-electron chi connectivity index (χ0n) is 11.4. The fourth-order valence-electron chi connectivity index (χ4n) is 1.49. The molecular weight excluding hydrogens is 260 g/mol. The van der Waals surface area contributed by atoms with E-state index in [1.165, 1.54) is 14.0 Å². The fourth-order valence-corrected chi connectivity index (χ4v) is 1.49. The highest BCUT2D eigenvalue weighted by Crippen LogP contribution is 2.25. The van der Waals surface area contributed by atoms with E-state index in [4.69, 9.17) is 14.7 Å². The molecule has 6 heteroatoms. The van der Waals surface area contributed by atoms with Crippen LogP contribution >= 0.6 is 0 Å². The summed E-state index contributed by atoms with van der Waals surface area (Å²) in [5.74, 6) is 0.326. The van der Waals surface area contributed by atoms with Gasteiger partial charge in [-0.25, -0.2) is 0 Å². The Kier molecular flexibility index (Phi) is 6.04. The SMILES string of the molecule is COc1ccc(C(C)=O)c(OCC(=O)NCCC#N)c1. The molecule has 0 radical (unpaired) electrons. The number of rotatable bonds is 7. The average Bonchev–Trinajstić information content (AvgIpc) is 2.44. The van der Waals surface area contributed by atoms with Gasteiger partial charge < -0.3 is 14.8 Å². The standard InChI is InChI=1S/C14H16N2O4/c1-10(17)12-5-4-11(19-2)8-13(12)20-9-14(18)16-7-3-6-15/h4-5,8H,3,7,9H2,1-2H3,(H,16,18). The lowest BCUT2D eigenvalue weighted by Gasteiger charge is -2.11. The third kappa shape index (κ3) is 4.61. The van der Waals surface area contributed by atoms with E-state index in [1.807, 2.05) is 6.07 Å². The summed E-state index contributed by atoms with van der Waals surface area (Å²) in [6.45, 7) is 1.47. The summed E-state index contributed by atoms with van der Waals surface area (Å²) in [6.07, 6.45) is 0.240. The van der Waals surface area contributed by atoms with Crippen molar-refractivity contribution in [2.75, 3.05) is 20.3 Å². The van der Waals surface area contributed by atoms with Crippen molar-refractivity contribution in [2.24, 2.45) is 0 Å². The number of Topliss-reactive ketones (excluding diaryl/α,β-unsaturated/α-hetero) is 1. The lowest BCUT2D eigenvalue weighted by molar-refractivity contribution is -0.123. The molecule has 1 N–H and O–H groups in total. The summed E-state index contributed by atoms with van der Waals surface area (Å²) in [5, 5.41) is 10.9. The fraction of sp³-hybridized carbons (Fsp3) is 0.357.